The molecule has 1 aromatic rings. The molecular weight excluding hydrogens is 190 g/mol. The Kier molecular flexibility index (Phi) is 5.04. The van der Waals surface area contributed by atoms with Crippen LogP contribution in [-0.4, -0.2) is 28.4 Å². The predicted molar refractivity (Wildman–Crippen MR) is 58.6 cm³/mol. The van der Waals surface area contributed by atoms with Crippen molar-refractivity contribution in [2.24, 2.45) is 0 Å². The van der Waals surface area contributed by atoms with E-state index in [2.05, 4.69) is 16.5 Å². The van der Waals surface area contributed by atoms with E-state index in [1.54, 1.807) is 0 Å². The fraction of sp³-hybridized carbons (Fsp3) is 0.636. The van der Waals surface area contributed by atoms with Crippen LogP contribution in [0.2, 0.25) is 0 Å². The van der Waals surface area contributed by atoms with E-state index in [-0.39, 0.29) is 6.04 Å². The maximum absolute atomic E-state index is 10.7. The fourth-order valence-electron chi connectivity index (χ4n) is 1.54. The number of aromatic nitrogens is 2. The summed E-state index contributed by atoms with van der Waals surface area (Å²) in [7, 11) is 0. The summed E-state index contributed by atoms with van der Waals surface area (Å²) in [4.78, 5) is 14.7. The molecule has 4 heteroatoms. The first-order valence-corrected chi connectivity index (χ1v) is 5.36. The number of nitrogens with zero attached hydrogens (tertiary/aromatic N) is 2. The first kappa shape index (κ1) is 11.9. The largest absolute Gasteiger partial charge is 0.334 e. The average Bonchev–Trinajstić information content (AvgIpc) is 2.63. The van der Waals surface area contributed by atoms with E-state index in [1.165, 1.54) is 0 Å². The van der Waals surface area contributed by atoms with Gasteiger partial charge in [-0.05, 0) is 26.3 Å². The van der Waals surface area contributed by atoms with Gasteiger partial charge in [-0.2, -0.15) is 0 Å². The third kappa shape index (κ3) is 3.83. The Bertz CT molecular complexity index is 296. The van der Waals surface area contributed by atoms with Crippen molar-refractivity contribution >= 4 is 6.29 Å². The number of hydrogen-bond donors (Lipinski definition) is 1. The molecule has 0 amide bonds. The Hall–Kier alpha value is -1.16. The molecule has 1 unspecified atom stereocenters. The fourth-order valence-corrected chi connectivity index (χ4v) is 1.54. The highest BCUT2D eigenvalue weighted by Crippen LogP contribution is 2.01. The molecule has 1 atom stereocenters. The third-order valence-corrected chi connectivity index (χ3v) is 2.40. The van der Waals surface area contributed by atoms with Gasteiger partial charge in [-0.3, -0.25) is 0 Å². The molecule has 0 saturated carbocycles. The zero-order chi connectivity index (χ0) is 11.1. The van der Waals surface area contributed by atoms with Crippen molar-refractivity contribution in [3.05, 3.63) is 18.2 Å². The van der Waals surface area contributed by atoms with E-state index in [0.717, 1.165) is 38.0 Å². The molecule has 0 saturated heterocycles. The van der Waals surface area contributed by atoms with Crippen molar-refractivity contribution < 1.29 is 4.79 Å². The van der Waals surface area contributed by atoms with Gasteiger partial charge in [0, 0.05) is 12.7 Å². The number of carbonyl (C=O) groups excluding carboxylic acids is 1. The standard InChI is InChI=1S/C11H18N3O/c1-3-12-11(9-15)5-4-7-14-8-6-13-10(14)2/h8-9,11-12H,3-5,7H2,1-2H3. The van der Waals surface area contributed by atoms with E-state index in [9.17, 15) is 4.79 Å². The normalized spacial score (nSPS) is 12.7. The van der Waals surface area contributed by atoms with E-state index in [1.807, 2.05) is 24.6 Å². The van der Waals surface area contributed by atoms with Crippen LogP contribution in [0.3, 0.4) is 0 Å². The van der Waals surface area contributed by atoms with Crippen molar-refractivity contribution in [2.75, 3.05) is 6.54 Å². The van der Waals surface area contributed by atoms with Gasteiger partial charge in [-0.1, -0.05) is 6.92 Å². The van der Waals surface area contributed by atoms with Crippen molar-refractivity contribution in [3.63, 3.8) is 0 Å². The number of rotatable bonds is 7. The van der Waals surface area contributed by atoms with Gasteiger partial charge in [-0.15, -0.1) is 0 Å². The molecule has 0 spiro atoms. The van der Waals surface area contributed by atoms with Crippen molar-refractivity contribution in [3.8, 4) is 0 Å². The topological polar surface area (TPSA) is 46.9 Å². The Morgan fingerprint density at radius 1 is 1.73 bits per heavy atom. The summed E-state index contributed by atoms with van der Waals surface area (Å²) in [5, 5.41) is 3.13. The van der Waals surface area contributed by atoms with Crippen LogP contribution >= 0.6 is 0 Å². The smallest absolute Gasteiger partial charge is 0.136 e. The highest BCUT2D eigenvalue weighted by Gasteiger charge is 2.05. The monoisotopic (exact) mass is 208 g/mol. The minimum Gasteiger partial charge on any atom is -0.334 e. The lowest BCUT2D eigenvalue weighted by Crippen LogP contribution is -2.30. The molecule has 4 nitrogen and oxygen atoms in total. The quantitative estimate of drug-likeness (QED) is 0.679. The number of likely N-dealkylation sites (N-methyl/N-ethyl adjacent to an activating group) is 1. The molecule has 15 heavy (non-hydrogen) atoms. The van der Waals surface area contributed by atoms with Crippen molar-refractivity contribution in [2.45, 2.75) is 39.3 Å². The first-order chi connectivity index (χ1) is 7.27. The number of carbonyl (C=O) groups is 1. The van der Waals surface area contributed by atoms with Crippen LogP contribution in [0.5, 0.6) is 0 Å². The SMILES string of the molecule is CCNC(C=O)CCCn1c[c]nc1C. The molecule has 0 aliphatic carbocycles. The lowest BCUT2D eigenvalue weighted by Gasteiger charge is -2.11. The lowest BCUT2D eigenvalue weighted by atomic mass is 10.2. The van der Waals surface area contributed by atoms with Gasteiger partial charge >= 0.3 is 0 Å². The lowest BCUT2D eigenvalue weighted by molar-refractivity contribution is -0.109. The van der Waals surface area contributed by atoms with Gasteiger partial charge < -0.3 is 14.7 Å². The maximum atomic E-state index is 10.7. The summed E-state index contributed by atoms with van der Waals surface area (Å²) >= 11 is 0. The van der Waals surface area contributed by atoms with E-state index in [0.29, 0.717) is 0 Å². The Morgan fingerprint density at radius 2 is 2.53 bits per heavy atom. The van der Waals surface area contributed by atoms with Crippen LogP contribution in [-0.2, 0) is 11.3 Å². The molecule has 1 radical (unpaired) electrons. The number of aryl methyl sites for hydroxylation is 2. The Balaban J connectivity index is 2.26. The highest BCUT2D eigenvalue weighted by molar-refractivity contribution is 5.57. The van der Waals surface area contributed by atoms with E-state index >= 15 is 0 Å². The van der Waals surface area contributed by atoms with E-state index in [4.69, 9.17) is 0 Å². The van der Waals surface area contributed by atoms with Gasteiger partial charge in [-0.25, -0.2) is 4.98 Å². The summed E-state index contributed by atoms with van der Waals surface area (Å²) in [5.41, 5.74) is 0. The third-order valence-electron chi connectivity index (χ3n) is 2.40. The summed E-state index contributed by atoms with van der Waals surface area (Å²) in [6.07, 6.45) is 7.48. The van der Waals surface area contributed by atoms with Crippen molar-refractivity contribution in [1.29, 1.82) is 0 Å². The Morgan fingerprint density at radius 3 is 3.07 bits per heavy atom. The molecule has 0 aromatic carbocycles. The second-order valence-corrected chi connectivity index (χ2v) is 3.55. The predicted octanol–water partition coefficient (Wildman–Crippen LogP) is 0.949. The number of hydrogen-bond acceptors (Lipinski definition) is 3. The van der Waals surface area contributed by atoms with Crippen LogP contribution < -0.4 is 5.32 Å². The van der Waals surface area contributed by atoms with Gasteiger partial charge in [0.05, 0.1) is 6.04 Å². The van der Waals surface area contributed by atoms with Crippen LogP contribution in [0.15, 0.2) is 6.20 Å². The number of aldehydes is 1. The number of nitrogens with one attached hydrogen (secondary N) is 1. The molecule has 1 rings (SSSR count). The molecular formula is C11H18N3O. The minimum absolute atomic E-state index is 0.0113. The average molecular weight is 208 g/mol. The minimum atomic E-state index is -0.0113. The molecule has 0 fully saturated rings. The van der Waals surface area contributed by atoms with Gasteiger partial charge in [0.15, 0.2) is 0 Å². The Labute approximate surface area is 90.7 Å². The maximum Gasteiger partial charge on any atom is 0.136 e. The number of imidazole rings is 1. The second kappa shape index (κ2) is 6.35. The van der Waals surface area contributed by atoms with E-state index < -0.39 is 0 Å². The van der Waals surface area contributed by atoms with Crippen LogP contribution in [0.25, 0.3) is 0 Å². The van der Waals surface area contributed by atoms with Crippen LogP contribution in [0.1, 0.15) is 25.6 Å². The summed E-state index contributed by atoms with van der Waals surface area (Å²) in [5.74, 6) is 0.973. The molecule has 1 aromatic heterocycles. The molecule has 1 N–H and O–H groups in total. The molecule has 83 valence electrons. The van der Waals surface area contributed by atoms with Gasteiger partial charge in [0.25, 0.3) is 0 Å². The molecule has 0 aliphatic rings. The molecule has 0 aliphatic heterocycles. The van der Waals surface area contributed by atoms with Crippen LogP contribution in [0, 0.1) is 13.1 Å². The molecule has 1 heterocycles. The summed E-state index contributed by atoms with van der Waals surface area (Å²) < 4.78 is 2.05. The van der Waals surface area contributed by atoms with Crippen LogP contribution in [0.4, 0.5) is 0 Å². The summed E-state index contributed by atoms with van der Waals surface area (Å²) in [6, 6.07) is -0.0113. The second-order valence-electron chi connectivity index (χ2n) is 3.55. The first-order valence-electron chi connectivity index (χ1n) is 5.36. The van der Waals surface area contributed by atoms with Crippen molar-refractivity contribution in [1.82, 2.24) is 14.9 Å². The zero-order valence-electron chi connectivity index (χ0n) is 9.36. The summed E-state index contributed by atoms with van der Waals surface area (Å²) in [6.45, 7) is 5.70. The van der Waals surface area contributed by atoms with Gasteiger partial charge in [0.2, 0.25) is 0 Å². The molecule has 0 bridgehead atoms. The van der Waals surface area contributed by atoms with Gasteiger partial charge in [0.1, 0.15) is 18.3 Å². The highest BCUT2D eigenvalue weighted by atomic mass is 16.1. The zero-order valence-corrected chi connectivity index (χ0v) is 9.36.